The number of rotatable bonds is 4. The van der Waals surface area contributed by atoms with Gasteiger partial charge in [0.25, 0.3) is 11.4 Å². The molecule has 0 saturated heterocycles. The van der Waals surface area contributed by atoms with Gasteiger partial charge in [0.2, 0.25) is 0 Å². The summed E-state index contributed by atoms with van der Waals surface area (Å²) in [6, 6.07) is 16.4. The number of H-pyrrole nitrogens is 2. The highest BCUT2D eigenvalue weighted by Crippen LogP contribution is 2.27. The molecule has 0 amide bonds. The number of nitro benzene ring substituents is 2. The van der Waals surface area contributed by atoms with Gasteiger partial charge in [0, 0.05) is 35.4 Å². The van der Waals surface area contributed by atoms with Crippen molar-refractivity contribution in [3.63, 3.8) is 0 Å². The van der Waals surface area contributed by atoms with E-state index < -0.39 is 9.85 Å². The minimum Gasteiger partial charge on any atom is -0.338 e. The molecule has 2 N–H and O–H groups in total. The van der Waals surface area contributed by atoms with E-state index in [0.717, 1.165) is 11.1 Å². The maximum atomic E-state index is 10.9. The third-order valence-corrected chi connectivity index (χ3v) is 4.78. The SMILES string of the molecule is O=[N+]([O-])c1ccc2nc(-c3ccc(-c4nc5ccc([N+](=O)[O-])cc5[nH]4)cc3)[nH]c2c1. The average Bonchev–Trinajstić information content (AvgIpc) is 3.36. The third kappa shape index (κ3) is 2.92. The van der Waals surface area contributed by atoms with E-state index in [1.165, 1.54) is 24.3 Å². The van der Waals surface area contributed by atoms with Gasteiger partial charge >= 0.3 is 0 Å². The van der Waals surface area contributed by atoms with Gasteiger partial charge in [-0.25, -0.2) is 9.97 Å². The van der Waals surface area contributed by atoms with Crippen LogP contribution in [0.2, 0.25) is 0 Å². The lowest BCUT2D eigenvalue weighted by Gasteiger charge is -1.99. The summed E-state index contributed by atoms with van der Waals surface area (Å²) < 4.78 is 0. The molecule has 2 aromatic heterocycles. The summed E-state index contributed by atoms with van der Waals surface area (Å²) in [7, 11) is 0. The molecule has 0 saturated carbocycles. The zero-order chi connectivity index (χ0) is 20.8. The Labute approximate surface area is 167 Å². The number of aromatic nitrogens is 4. The van der Waals surface area contributed by atoms with Crippen molar-refractivity contribution in [1.29, 1.82) is 0 Å². The fraction of sp³-hybridized carbons (Fsp3) is 0. The standard InChI is InChI=1S/C20H12N6O4/c27-25(28)13-5-7-15-17(9-13)23-19(21-15)11-1-2-12(4-3-11)20-22-16-8-6-14(26(29)30)10-18(16)24-20/h1-10H,(H,21,23)(H,22,24). The van der Waals surface area contributed by atoms with Crippen molar-refractivity contribution in [2.75, 3.05) is 0 Å². The van der Waals surface area contributed by atoms with E-state index in [0.29, 0.717) is 33.7 Å². The van der Waals surface area contributed by atoms with Gasteiger partial charge in [0.05, 0.1) is 31.9 Å². The highest BCUT2D eigenvalue weighted by molar-refractivity contribution is 5.83. The number of aromatic amines is 2. The van der Waals surface area contributed by atoms with Crippen LogP contribution >= 0.6 is 0 Å². The van der Waals surface area contributed by atoms with Crippen molar-refractivity contribution in [1.82, 2.24) is 19.9 Å². The molecule has 0 aliphatic rings. The van der Waals surface area contributed by atoms with Crippen LogP contribution in [-0.2, 0) is 0 Å². The topological polar surface area (TPSA) is 144 Å². The Kier molecular flexibility index (Phi) is 3.78. The molecule has 0 fully saturated rings. The molecule has 2 heterocycles. The molecule has 5 aromatic rings. The van der Waals surface area contributed by atoms with Crippen LogP contribution in [0.3, 0.4) is 0 Å². The monoisotopic (exact) mass is 400 g/mol. The molecule has 3 aromatic carbocycles. The lowest BCUT2D eigenvalue weighted by atomic mass is 10.1. The number of hydrogen-bond donors (Lipinski definition) is 2. The molecule has 146 valence electrons. The van der Waals surface area contributed by atoms with Crippen molar-refractivity contribution >= 4 is 33.4 Å². The fourth-order valence-electron chi connectivity index (χ4n) is 3.28. The highest BCUT2D eigenvalue weighted by Gasteiger charge is 2.13. The van der Waals surface area contributed by atoms with Crippen molar-refractivity contribution in [3.8, 4) is 22.8 Å². The van der Waals surface area contributed by atoms with Crippen LogP contribution < -0.4 is 0 Å². The first kappa shape index (κ1) is 17.5. The minimum absolute atomic E-state index is 0.00169. The first-order chi connectivity index (χ1) is 14.5. The van der Waals surface area contributed by atoms with E-state index in [1.807, 2.05) is 24.3 Å². The molecular formula is C20H12N6O4. The number of nitrogens with one attached hydrogen (secondary N) is 2. The van der Waals surface area contributed by atoms with Gasteiger partial charge in [-0.3, -0.25) is 20.2 Å². The second kappa shape index (κ2) is 6.48. The Bertz CT molecular complexity index is 1340. The number of fused-ring (bicyclic) bond motifs is 2. The van der Waals surface area contributed by atoms with Crippen LogP contribution in [0.1, 0.15) is 0 Å². The van der Waals surface area contributed by atoms with E-state index in [2.05, 4.69) is 19.9 Å². The number of benzene rings is 3. The molecule has 0 bridgehead atoms. The molecule has 0 unspecified atom stereocenters. The molecule has 0 radical (unpaired) electrons. The Morgan fingerprint density at radius 3 is 1.40 bits per heavy atom. The molecule has 0 atom stereocenters. The number of nitrogens with zero attached hydrogens (tertiary/aromatic N) is 4. The summed E-state index contributed by atoms with van der Waals surface area (Å²) in [5.41, 5.74) is 4.06. The van der Waals surface area contributed by atoms with Crippen molar-refractivity contribution < 1.29 is 9.85 Å². The summed E-state index contributed by atoms with van der Waals surface area (Å²) in [6.45, 7) is 0. The lowest BCUT2D eigenvalue weighted by Crippen LogP contribution is -1.86. The van der Waals surface area contributed by atoms with Gasteiger partial charge in [-0.2, -0.15) is 0 Å². The average molecular weight is 400 g/mol. The zero-order valence-electron chi connectivity index (χ0n) is 15.2. The molecule has 10 heteroatoms. The largest absolute Gasteiger partial charge is 0.338 e. The summed E-state index contributed by atoms with van der Waals surface area (Å²) in [6.07, 6.45) is 0. The first-order valence-electron chi connectivity index (χ1n) is 8.87. The van der Waals surface area contributed by atoms with Crippen LogP contribution in [0.4, 0.5) is 11.4 Å². The molecule has 0 aliphatic heterocycles. The summed E-state index contributed by atoms with van der Waals surface area (Å²) >= 11 is 0. The maximum absolute atomic E-state index is 10.9. The van der Waals surface area contributed by atoms with Crippen molar-refractivity contribution in [2.24, 2.45) is 0 Å². The number of non-ortho nitro benzene ring substituents is 2. The van der Waals surface area contributed by atoms with E-state index >= 15 is 0 Å². The lowest BCUT2D eigenvalue weighted by molar-refractivity contribution is -0.384. The third-order valence-electron chi connectivity index (χ3n) is 4.78. The number of nitro groups is 2. The predicted octanol–water partition coefficient (Wildman–Crippen LogP) is 4.59. The Hall–Kier alpha value is -4.60. The van der Waals surface area contributed by atoms with Gasteiger partial charge in [0.1, 0.15) is 11.6 Å². The molecule has 0 aliphatic carbocycles. The summed E-state index contributed by atoms with van der Waals surface area (Å²) in [4.78, 5) is 36.1. The van der Waals surface area contributed by atoms with Gasteiger partial charge in [0.15, 0.2) is 0 Å². The molecule has 5 rings (SSSR count). The maximum Gasteiger partial charge on any atom is 0.271 e. The van der Waals surface area contributed by atoms with E-state index in [4.69, 9.17) is 0 Å². The normalized spacial score (nSPS) is 11.2. The highest BCUT2D eigenvalue weighted by atomic mass is 16.6. The first-order valence-corrected chi connectivity index (χ1v) is 8.87. The molecule has 10 nitrogen and oxygen atoms in total. The second-order valence-electron chi connectivity index (χ2n) is 6.67. The van der Waals surface area contributed by atoms with Crippen LogP contribution in [0.25, 0.3) is 44.8 Å². The molecule has 30 heavy (non-hydrogen) atoms. The number of imidazole rings is 2. The Morgan fingerprint density at radius 1 is 0.633 bits per heavy atom. The van der Waals surface area contributed by atoms with E-state index in [1.54, 1.807) is 12.1 Å². The number of hydrogen-bond acceptors (Lipinski definition) is 6. The van der Waals surface area contributed by atoms with Crippen LogP contribution in [0.5, 0.6) is 0 Å². The van der Waals surface area contributed by atoms with Crippen molar-refractivity contribution in [3.05, 3.63) is 80.9 Å². The zero-order valence-corrected chi connectivity index (χ0v) is 15.2. The minimum atomic E-state index is -0.448. The van der Waals surface area contributed by atoms with E-state index in [-0.39, 0.29) is 11.4 Å². The van der Waals surface area contributed by atoms with Gasteiger partial charge in [-0.1, -0.05) is 24.3 Å². The fourth-order valence-corrected chi connectivity index (χ4v) is 3.28. The summed E-state index contributed by atoms with van der Waals surface area (Å²) in [5, 5.41) is 21.9. The Morgan fingerprint density at radius 2 is 1.03 bits per heavy atom. The van der Waals surface area contributed by atoms with E-state index in [9.17, 15) is 20.2 Å². The van der Waals surface area contributed by atoms with Gasteiger partial charge in [-0.05, 0) is 12.1 Å². The smallest absolute Gasteiger partial charge is 0.271 e. The van der Waals surface area contributed by atoms with Crippen LogP contribution in [0, 0.1) is 20.2 Å². The van der Waals surface area contributed by atoms with Gasteiger partial charge < -0.3 is 9.97 Å². The Balaban J connectivity index is 1.48. The summed E-state index contributed by atoms with van der Waals surface area (Å²) in [5.74, 6) is 1.19. The van der Waals surface area contributed by atoms with Crippen molar-refractivity contribution in [2.45, 2.75) is 0 Å². The quantitative estimate of drug-likeness (QED) is 0.333. The molecule has 0 spiro atoms. The second-order valence-corrected chi connectivity index (χ2v) is 6.67. The predicted molar refractivity (Wildman–Crippen MR) is 110 cm³/mol. The van der Waals surface area contributed by atoms with Gasteiger partial charge in [-0.15, -0.1) is 0 Å². The molecular weight excluding hydrogens is 388 g/mol. The van der Waals surface area contributed by atoms with Crippen LogP contribution in [-0.4, -0.2) is 29.8 Å². The van der Waals surface area contributed by atoms with Crippen LogP contribution in [0.15, 0.2) is 60.7 Å².